The molecule has 2 N–H and O–H groups in total. The molecule has 7 heteroatoms. The van der Waals surface area contributed by atoms with E-state index in [9.17, 15) is 9.59 Å². The van der Waals surface area contributed by atoms with Crippen molar-refractivity contribution in [3.63, 3.8) is 0 Å². The van der Waals surface area contributed by atoms with Crippen molar-refractivity contribution >= 4 is 23.3 Å². The standard InChI is InChI=1S/C19H17ClN4O2/c20-15-6-8-16(9-7-15)22-19(26)21-12-13-24-18(25)11-10-17(23-24)14-4-2-1-3-5-14/h1-11H,12-13H2,(H2,21,22,26). The van der Waals surface area contributed by atoms with Gasteiger partial charge < -0.3 is 10.6 Å². The van der Waals surface area contributed by atoms with Crippen LogP contribution >= 0.6 is 11.6 Å². The van der Waals surface area contributed by atoms with Gasteiger partial charge in [-0.2, -0.15) is 5.10 Å². The lowest BCUT2D eigenvalue weighted by atomic mass is 10.1. The van der Waals surface area contributed by atoms with E-state index in [4.69, 9.17) is 11.6 Å². The summed E-state index contributed by atoms with van der Waals surface area (Å²) in [6.07, 6.45) is 0. The molecular weight excluding hydrogens is 352 g/mol. The summed E-state index contributed by atoms with van der Waals surface area (Å²) in [6.45, 7) is 0.540. The highest BCUT2D eigenvalue weighted by Crippen LogP contribution is 2.14. The number of rotatable bonds is 5. The van der Waals surface area contributed by atoms with Crippen LogP contribution in [0.2, 0.25) is 5.02 Å². The molecule has 6 nitrogen and oxygen atoms in total. The Labute approximate surface area is 155 Å². The molecule has 3 rings (SSSR count). The molecule has 132 valence electrons. The predicted octanol–water partition coefficient (Wildman–Crippen LogP) is 3.39. The van der Waals surface area contributed by atoms with Crippen LogP contribution in [0.3, 0.4) is 0 Å². The van der Waals surface area contributed by atoms with Crippen molar-refractivity contribution in [2.75, 3.05) is 11.9 Å². The molecule has 0 aliphatic rings. The maximum absolute atomic E-state index is 12.0. The van der Waals surface area contributed by atoms with Gasteiger partial charge in [0.1, 0.15) is 0 Å². The second-order valence-corrected chi connectivity index (χ2v) is 5.97. The summed E-state index contributed by atoms with van der Waals surface area (Å²) in [5.74, 6) is 0. The summed E-state index contributed by atoms with van der Waals surface area (Å²) in [4.78, 5) is 23.9. The fourth-order valence-electron chi connectivity index (χ4n) is 2.36. The van der Waals surface area contributed by atoms with E-state index in [0.29, 0.717) is 16.4 Å². The molecule has 26 heavy (non-hydrogen) atoms. The van der Waals surface area contributed by atoms with Gasteiger partial charge in [-0.3, -0.25) is 4.79 Å². The molecular formula is C19H17ClN4O2. The van der Waals surface area contributed by atoms with Crippen LogP contribution < -0.4 is 16.2 Å². The molecule has 2 amide bonds. The number of hydrogen-bond acceptors (Lipinski definition) is 3. The zero-order valence-corrected chi connectivity index (χ0v) is 14.6. The molecule has 0 unspecified atom stereocenters. The lowest BCUT2D eigenvalue weighted by Gasteiger charge is -2.09. The molecule has 2 aromatic carbocycles. The van der Waals surface area contributed by atoms with Gasteiger partial charge in [0.15, 0.2) is 0 Å². The first-order valence-electron chi connectivity index (χ1n) is 8.06. The van der Waals surface area contributed by atoms with E-state index < -0.39 is 0 Å². The van der Waals surface area contributed by atoms with E-state index in [2.05, 4.69) is 15.7 Å². The zero-order valence-electron chi connectivity index (χ0n) is 13.9. The van der Waals surface area contributed by atoms with Crippen molar-refractivity contribution in [2.45, 2.75) is 6.54 Å². The summed E-state index contributed by atoms with van der Waals surface area (Å²) in [5, 5.41) is 10.3. The van der Waals surface area contributed by atoms with Gasteiger partial charge in [-0.15, -0.1) is 0 Å². The van der Waals surface area contributed by atoms with E-state index in [-0.39, 0.29) is 24.7 Å². The van der Waals surface area contributed by atoms with Gasteiger partial charge in [-0.05, 0) is 30.3 Å². The second-order valence-electron chi connectivity index (χ2n) is 5.53. The third-order valence-electron chi connectivity index (χ3n) is 3.65. The van der Waals surface area contributed by atoms with E-state index in [1.165, 1.54) is 10.7 Å². The Morgan fingerprint density at radius 3 is 2.46 bits per heavy atom. The SMILES string of the molecule is O=C(NCCn1nc(-c2ccccc2)ccc1=O)Nc1ccc(Cl)cc1. The summed E-state index contributed by atoms with van der Waals surface area (Å²) >= 11 is 5.80. The largest absolute Gasteiger partial charge is 0.336 e. The van der Waals surface area contributed by atoms with Crippen molar-refractivity contribution in [2.24, 2.45) is 0 Å². The minimum Gasteiger partial charge on any atom is -0.336 e. The minimum absolute atomic E-state index is 0.218. The van der Waals surface area contributed by atoms with Crippen molar-refractivity contribution in [1.82, 2.24) is 15.1 Å². The molecule has 1 heterocycles. The molecule has 0 radical (unpaired) electrons. The molecule has 0 spiro atoms. The summed E-state index contributed by atoms with van der Waals surface area (Å²) in [7, 11) is 0. The van der Waals surface area contributed by atoms with E-state index in [1.807, 2.05) is 30.3 Å². The first-order valence-corrected chi connectivity index (χ1v) is 8.43. The summed E-state index contributed by atoms with van der Waals surface area (Å²) < 4.78 is 1.34. The number of carbonyl (C=O) groups is 1. The van der Waals surface area contributed by atoms with Crippen LogP contribution in [0.15, 0.2) is 71.5 Å². The van der Waals surface area contributed by atoms with Crippen LogP contribution in [-0.4, -0.2) is 22.4 Å². The van der Waals surface area contributed by atoms with Gasteiger partial charge >= 0.3 is 6.03 Å². The second kappa shape index (κ2) is 8.31. The third kappa shape index (κ3) is 4.70. The smallest absolute Gasteiger partial charge is 0.319 e. The van der Waals surface area contributed by atoms with Crippen molar-refractivity contribution in [3.05, 3.63) is 82.1 Å². The number of anilines is 1. The highest BCUT2D eigenvalue weighted by atomic mass is 35.5. The molecule has 0 bridgehead atoms. The van der Waals surface area contributed by atoms with Gasteiger partial charge in [0.25, 0.3) is 5.56 Å². The van der Waals surface area contributed by atoms with Crippen molar-refractivity contribution in [1.29, 1.82) is 0 Å². The van der Waals surface area contributed by atoms with Crippen molar-refractivity contribution in [3.8, 4) is 11.3 Å². The average molecular weight is 369 g/mol. The topological polar surface area (TPSA) is 76.0 Å². The Balaban J connectivity index is 1.58. The lowest BCUT2D eigenvalue weighted by Crippen LogP contribution is -2.34. The Bertz CT molecular complexity index is 940. The molecule has 0 saturated heterocycles. The number of nitrogens with one attached hydrogen (secondary N) is 2. The van der Waals surface area contributed by atoms with Crippen LogP contribution in [0, 0.1) is 0 Å². The Kier molecular flexibility index (Phi) is 5.66. The number of carbonyl (C=O) groups excluding carboxylic acids is 1. The van der Waals surface area contributed by atoms with Crippen LogP contribution in [0.1, 0.15) is 0 Å². The van der Waals surface area contributed by atoms with Gasteiger partial charge in [0.05, 0.1) is 12.2 Å². The van der Waals surface area contributed by atoms with E-state index >= 15 is 0 Å². The predicted molar refractivity (Wildman–Crippen MR) is 102 cm³/mol. The van der Waals surface area contributed by atoms with Gasteiger partial charge in [0.2, 0.25) is 0 Å². The van der Waals surface area contributed by atoms with E-state index in [1.54, 1.807) is 30.3 Å². The molecule has 0 aliphatic heterocycles. The van der Waals surface area contributed by atoms with Gasteiger partial charge in [0, 0.05) is 28.9 Å². The van der Waals surface area contributed by atoms with Gasteiger partial charge in [-0.1, -0.05) is 41.9 Å². The maximum Gasteiger partial charge on any atom is 0.319 e. The number of aromatic nitrogens is 2. The number of benzene rings is 2. The third-order valence-corrected chi connectivity index (χ3v) is 3.90. The first-order chi connectivity index (χ1) is 12.6. The Hall–Kier alpha value is -3.12. The normalized spacial score (nSPS) is 10.3. The maximum atomic E-state index is 12.0. The number of halogens is 1. The average Bonchev–Trinajstić information content (AvgIpc) is 2.66. The molecule has 0 atom stereocenters. The fourth-order valence-corrected chi connectivity index (χ4v) is 2.48. The first kappa shape index (κ1) is 17.7. The number of nitrogens with zero attached hydrogens (tertiary/aromatic N) is 2. The van der Waals surface area contributed by atoms with Gasteiger partial charge in [-0.25, -0.2) is 9.48 Å². The van der Waals surface area contributed by atoms with Crippen molar-refractivity contribution < 1.29 is 4.79 Å². The summed E-state index contributed by atoms with van der Waals surface area (Å²) in [6, 6.07) is 19.2. The number of amides is 2. The van der Waals surface area contributed by atoms with Crippen LogP contribution in [-0.2, 0) is 6.54 Å². The molecule has 0 fully saturated rings. The zero-order chi connectivity index (χ0) is 18.4. The molecule has 1 aromatic heterocycles. The highest BCUT2D eigenvalue weighted by Gasteiger charge is 2.05. The summed E-state index contributed by atoms with van der Waals surface area (Å²) in [5.41, 5.74) is 2.04. The number of urea groups is 1. The van der Waals surface area contributed by atoms with Crippen LogP contribution in [0.25, 0.3) is 11.3 Å². The quantitative estimate of drug-likeness (QED) is 0.724. The van der Waals surface area contributed by atoms with E-state index in [0.717, 1.165) is 5.56 Å². The van der Waals surface area contributed by atoms with Crippen LogP contribution in [0.4, 0.5) is 10.5 Å². The lowest BCUT2D eigenvalue weighted by molar-refractivity contribution is 0.251. The molecule has 0 aliphatic carbocycles. The monoisotopic (exact) mass is 368 g/mol. The number of hydrogen-bond donors (Lipinski definition) is 2. The van der Waals surface area contributed by atoms with Crippen LogP contribution in [0.5, 0.6) is 0 Å². The Morgan fingerprint density at radius 2 is 1.73 bits per heavy atom. The minimum atomic E-state index is -0.361. The highest BCUT2D eigenvalue weighted by molar-refractivity contribution is 6.30. The fraction of sp³-hybridized carbons (Fsp3) is 0.105. The molecule has 0 saturated carbocycles. The molecule has 3 aromatic rings. The Morgan fingerprint density at radius 1 is 1.00 bits per heavy atom.